The van der Waals surface area contributed by atoms with Gasteiger partial charge in [-0.25, -0.2) is 0 Å². The molecular formula is C13H27N3O2. The molecule has 0 radical (unpaired) electrons. The number of ether oxygens (including phenoxy) is 1. The van der Waals surface area contributed by atoms with E-state index in [1.165, 1.54) is 0 Å². The summed E-state index contributed by atoms with van der Waals surface area (Å²) >= 11 is 0. The second-order valence-corrected chi connectivity index (χ2v) is 5.87. The fraction of sp³-hybridized carbons (Fsp3) is 0.923. The fourth-order valence-electron chi connectivity index (χ4n) is 1.96. The summed E-state index contributed by atoms with van der Waals surface area (Å²) in [6.45, 7) is 10.9. The smallest absolute Gasteiger partial charge is 0.323 e. The molecule has 0 aliphatic carbocycles. The highest BCUT2D eigenvalue weighted by Crippen LogP contribution is 2.10. The highest BCUT2D eigenvalue weighted by molar-refractivity contribution is 5.75. The third-order valence-corrected chi connectivity index (χ3v) is 2.91. The summed E-state index contributed by atoms with van der Waals surface area (Å²) in [6, 6.07) is -0.493. The first-order valence-corrected chi connectivity index (χ1v) is 6.80. The van der Waals surface area contributed by atoms with Crippen molar-refractivity contribution in [1.29, 1.82) is 0 Å². The Bertz CT molecular complexity index is 257. The van der Waals surface area contributed by atoms with Crippen molar-refractivity contribution in [3.05, 3.63) is 0 Å². The van der Waals surface area contributed by atoms with Gasteiger partial charge < -0.3 is 20.7 Å². The number of carbonyl (C=O) groups excluding carboxylic acids is 1. The molecular weight excluding hydrogens is 230 g/mol. The molecule has 0 aromatic heterocycles. The first kappa shape index (κ1) is 15.4. The van der Waals surface area contributed by atoms with E-state index in [2.05, 4.69) is 10.2 Å². The molecule has 0 saturated carbocycles. The van der Waals surface area contributed by atoms with E-state index in [0.29, 0.717) is 6.42 Å². The minimum atomic E-state index is -0.493. The zero-order valence-corrected chi connectivity index (χ0v) is 11.9. The van der Waals surface area contributed by atoms with Crippen molar-refractivity contribution >= 4 is 5.97 Å². The molecule has 1 aliphatic heterocycles. The molecule has 5 nitrogen and oxygen atoms in total. The number of nitrogens with zero attached hydrogens (tertiary/aromatic N) is 1. The van der Waals surface area contributed by atoms with Gasteiger partial charge in [-0.15, -0.1) is 0 Å². The molecule has 1 aliphatic rings. The van der Waals surface area contributed by atoms with Gasteiger partial charge in [0, 0.05) is 26.2 Å². The highest BCUT2D eigenvalue weighted by atomic mass is 16.6. The summed E-state index contributed by atoms with van der Waals surface area (Å²) in [5.74, 6) is -0.289. The molecule has 0 aromatic rings. The van der Waals surface area contributed by atoms with Crippen molar-refractivity contribution in [3.63, 3.8) is 0 Å². The van der Waals surface area contributed by atoms with Gasteiger partial charge in [-0.2, -0.15) is 0 Å². The van der Waals surface area contributed by atoms with Crippen LogP contribution in [0.4, 0.5) is 0 Å². The molecule has 1 atom stereocenters. The van der Waals surface area contributed by atoms with Gasteiger partial charge in [0.15, 0.2) is 0 Å². The van der Waals surface area contributed by atoms with Crippen molar-refractivity contribution in [3.8, 4) is 0 Å². The molecule has 1 rings (SSSR count). The van der Waals surface area contributed by atoms with E-state index in [9.17, 15) is 4.79 Å². The number of esters is 1. The fourth-order valence-corrected chi connectivity index (χ4v) is 1.96. The minimum Gasteiger partial charge on any atom is -0.459 e. The second-order valence-electron chi connectivity index (χ2n) is 5.87. The topological polar surface area (TPSA) is 67.6 Å². The summed E-state index contributed by atoms with van der Waals surface area (Å²) in [6.07, 6.45) is 1.64. The van der Waals surface area contributed by atoms with E-state index in [-0.39, 0.29) is 5.97 Å². The molecule has 18 heavy (non-hydrogen) atoms. The van der Waals surface area contributed by atoms with Crippen molar-refractivity contribution in [2.24, 2.45) is 5.73 Å². The molecule has 0 aromatic carbocycles. The lowest BCUT2D eigenvalue weighted by Crippen LogP contribution is -2.44. The van der Waals surface area contributed by atoms with Crippen LogP contribution >= 0.6 is 0 Å². The Morgan fingerprint density at radius 3 is 2.56 bits per heavy atom. The zero-order valence-electron chi connectivity index (χ0n) is 11.9. The zero-order chi connectivity index (χ0) is 13.6. The van der Waals surface area contributed by atoms with E-state index in [1.807, 2.05) is 20.8 Å². The maximum Gasteiger partial charge on any atom is 0.323 e. The maximum absolute atomic E-state index is 11.7. The Balaban J connectivity index is 2.15. The maximum atomic E-state index is 11.7. The van der Waals surface area contributed by atoms with Gasteiger partial charge in [-0.05, 0) is 40.2 Å². The second kappa shape index (κ2) is 7.07. The van der Waals surface area contributed by atoms with Crippen LogP contribution in [0.1, 0.15) is 33.6 Å². The number of nitrogens with one attached hydrogen (secondary N) is 1. The quantitative estimate of drug-likeness (QED) is 0.695. The van der Waals surface area contributed by atoms with Crippen LogP contribution in [-0.4, -0.2) is 55.2 Å². The van der Waals surface area contributed by atoms with E-state index in [1.54, 1.807) is 0 Å². The monoisotopic (exact) mass is 257 g/mol. The number of hydrogen-bond donors (Lipinski definition) is 2. The van der Waals surface area contributed by atoms with Gasteiger partial charge in [-0.1, -0.05) is 0 Å². The first-order chi connectivity index (χ1) is 8.38. The van der Waals surface area contributed by atoms with Crippen molar-refractivity contribution < 1.29 is 9.53 Å². The summed E-state index contributed by atoms with van der Waals surface area (Å²) < 4.78 is 5.25. The Kier molecular flexibility index (Phi) is 6.05. The standard InChI is InChI=1S/C13H27N3O2/c1-13(2,3)18-12(17)11(14)5-4-8-16-9-6-15-7-10-16/h11,15H,4-10,14H2,1-3H3. The lowest BCUT2D eigenvalue weighted by Gasteiger charge is -2.27. The van der Waals surface area contributed by atoms with E-state index in [0.717, 1.165) is 39.1 Å². The Morgan fingerprint density at radius 2 is 2.00 bits per heavy atom. The number of hydrogen-bond acceptors (Lipinski definition) is 5. The predicted octanol–water partition coefficient (Wildman–Crippen LogP) is 0.341. The van der Waals surface area contributed by atoms with Gasteiger partial charge in [0.1, 0.15) is 11.6 Å². The average Bonchev–Trinajstić information content (AvgIpc) is 2.28. The Morgan fingerprint density at radius 1 is 1.39 bits per heavy atom. The minimum absolute atomic E-state index is 0.289. The largest absolute Gasteiger partial charge is 0.459 e. The third-order valence-electron chi connectivity index (χ3n) is 2.91. The molecule has 1 heterocycles. The van der Waals surface area contributed by atoms with Gasteiger partial charge in [0.2, 0.25) is 0 Å². The lowest BCUT2D eigenvalue weighted by molar-refractivity contribution is -0.156. The van der Waals surface area contributed by atoms with Crippen LogP contribution < -0.4 is 11.1 Å². The van der Waals surface area contributed by atoms with Crippen LogP contribution in [0.15, 0.2) is 0 Å². The SMILES string of the molecule is CC(C)(C)OC(=O)C(N)CCCN1CCNCC1. The van der Waals surface area contributed by atoms with Crippen LogP contribution in [0.25, 0.3) is 0 Å². The van der Waals surface area contributed by atoms with Crippen LogP contribution in [0.3, 0.4) is 0 Å². The number of piperazine rings is 1. The van der Waals surface area contributed by atoms with Crippen molar-refractivity contribution in [1.82, 2.24) is 10.2 Å². The van der Waals surface area contributed by atoms with E-state index < -0.39 is 11.6 Å². The normalized spacial score (nSPS) is 19.6. The van der Waals surface area contributed by atoms with Gasteiger partial charge in [0.05, 0.1) is 0 Å². The molecule has 0 amide bonds. The van der Waals surface area contributed by atoms with Gasteiger partial charge >= 0.3 is 5.97 Å². The summed E-state index contributed by atoms with van der Waals surface area (Å²) in [7, 11) is 0. The van der Waals surface area contributed by atoms with Gasteiger partial charge in [0.25, 0.3) is 0 Å². The van der Waals surface area contributed by atoms with Crippen LogP contribution in [0.2, 0.25) is 0 Å². The molecule has 0 spiro atoms. The van der Waals surface area contributed by atoms with Crippen LogP contribution in [0.5, 0.6) is 0 Å². The lowest BCUT2D eigenvalue weighted by atomic mass is 10.1. The molecule has 106 valence electrons. The molecule has 1 fully saturated rings. The van der Waals surface area contributed by atoms with Crippen LogP contribution in [0, 0.1) is 0 Å². The van der Waals surface area contributed by atoms with E-state index >= 15 is 0 Å². The summed E-state index contributed by atoms with van der Waals surface area (Å²) in [5, 5.41) is 3.32. The number of carbonyl (C=O) groups is 1. The first-order valence-electron chi connectivity index (χ1n) is 6.80. The van der Waals surface area contributed by atoms with Gasteiger partial charge in [-0.3, -0.25) is 4.79 Å². The summed E-state index contributed by atoms with van der Waals surface area (Å²) in [4.78, 5) is 14.1. The van der Waals surface area contributed by atoms with E-state index in [4.69, 9.17) is 10.5 Å². The van der Waals surface area contributed by atoms with Crippen molar-refractivity contribution in [2.75, 3.05) is 32.7 Å². The molecule has 1 unspecified atom stereocenters. The average molecular weight is 257 g/mol. The molecule has 0 bridgehead atoms. The number of nitrogens with two attached hydrogens (primary N) is 1. The Labute approximate surface area is 110 Å². The summed E-state index contributed by atoms with van der Waals surface area (Å²) in [5.41, 5.74) is 5.38. The predicted molar refractivity (Wildman–Crippen MR) is 72.4 cm³/mol. The third kappa shape index (κ3) is 6.33. The highest BCUT2D eigenvalue weighted by Gasteiger charge is 2.22. The van der Waals surface area contributed by atoms with Crippen LogP contribution in [-0.2, 0) is 9.53 Å². The van der Waals surface area contributed by atoms with Crippen molar-refractivity contribution in [2.45, 2.75) is 45.3 Å². The number of rotatable bonds is 5. The Hall–Kier alpha value is -0.650. The molecule has 1 saturated heterocycles. The molecule has 5 heteroatoms. The molecule has 3 N–H and O–H groups in total.